The number of nitrogens with zero attached hydrogens (tertiary/aromatic N) is 1. The summed E-state index contributed by atoms with van der Waals surface area (Å²) < 4.78 is 33.2. The topological polar surface area (TPSA) is 83.9 Å². The minimum absolute atomic E-state index is 0.0324. The molecule has 2 aromatic rings. The standard InChI is InChI=1S/C22H24BrNO5S/c1-4-5-6-7-8-13-29-18-9-11-19(12-10-18)30(27,28)24(3)21-16(2)14-17(23)15-20(21)22(25)26/h9-12,14-15H,4-6,13H2,1-3H3,(H,25,26). The molecule has 1 N–H and O–H groups in total. The lowest BCUT2D eigenvalue weighted by atomic mass is 10.1. The van der Waals surface area contributed by atoms with Gasteiger partial charge in [0.15, 0.2) is 0 Å². The number of aromatic carboxylic acids is 1. The molecule has 0 amide bonds. The third-order valence-electron chi connectivity index (χ3n) is 4.38. The molecule has 0 spiro atoms. The van der Waals surface area contributed by atoms with E-state index in [0.29, 0.717) is 15.8 Å². The molecule has 160 valence electrons. The summed E-state index contributed by atoms with van der Waals surface area (Å²) in [5.74, 6) is 5.24. The number of carbonyl (C=O) groups is 1. The number of unbranched alkanes of at least 4 members (excludes halogenated alkanes) is 2. The van der Waals surface area contributed by atoms with E-state index >= 15 is 0 Å². The molecule has 6 nitrogen and oxygen atoms in total. The van der Waals surface area contributed by atoms with Gasteiger partial charge in [0, 0.05) is 17.9 Å². The second-order valence-electron chi connectivity index (χ2n) is 6.61. The van der Waals surface area contributed by atoms with Crippen molar-refractivity contribution in [3.63, 3.8) is 0 Å². The van der Waals surface area contributed by atoms with Crippen molar-refractivity contribution in [3.05, 3.63) is 52.0 Å². The van der Waals surface area contributed by atoms with Crippen LogP contribution in [0.4, 0.5) is 5.69 Å². The van der Waals surface area contributed by atoms with Crippen LogP contribution in [0.25, 0.3) is 0 Å². The largest absolute Gasteiger partial charge is 0.481 e. The molecule has 0 bridgehead atoms. The lowest BCUT2D eigenvalue weighted by Crippen LogP contribution is -2.29. The summed E-state index contributed by atoms with van der Waals surface area (Å²) in [7, 11) is -2.62. The summed E-state index contributed by atoms with van der Waals surface area (Å²) in [6.45, 7) is 4.00. The van der Waals surface area contributed by atoms with Crippen LogP contribution in [0, 0.1) is 18.8 Å². The number of benzene rings is 2. The zero-order chi connectivity index (χ0) is 22.3. The predicted molar refractivity (Wildman–Crippen MR) is 121 cm³/mol. The van der Waals surface area contributed by atoms with Crippen molar-refractivity contribution in [2.24, 2.45) is 0 Å². The number of sulfonamides is 1. The summed E-state index contributed by atoms with van der Waals surface area (Å²) in [5.41, 5.74) is 0.539. The highest BCUT2D eigenvalue weighted by Crippen LogP contribution is 2.32. The molecule has 8 heteroatoms. The van der Waals surface area contributed by atoms with Crippen molar-refractivity contribution >= 4 is 37.6 Å². The van der Waals surface area contributed by atoms with Gasteiger partial charge in [0.2, 0.25) is 0 Å². The maximum atomic E-state index is 13.1. The van der Waals surface area contributed by atoms with Crippen molar-refractivity contribution in [2.75, 3.05) is 18.0 Å². The fourth-order valence-electron chi connectivity index (χ4n) is 2.83. The average molecular weight is 494 g/mol. The minimum atomic E-state index is -3.96. The number of ether oxygens (including phenoxy) is 1. The van der Waals surface area contributed by atoms with E-state index in [-0.39, 0.29) is 22.8 Å². The zero-order valence-corrected chi connectivity index (χ0v) is 19.5. The zero-order valence-electron chi connectivity index (χ0n) is 17.1. The van der Waals surface area contributed by atoms with Crippen LogP contribution in [0.3, 0.4) is 0 Å². The third kappa shape index (κ3) is 5.77. The van der Waals surface area contributed by atoms with Crippen LogP contribution in [-0.4, -0.2) is 33.1 Å². The summed E-state index contributed by atoms with van der Waals surface area (Å²) in [6.07, 6.45) is 2.97. The molecule has 0 aliphatic carbocycles. The van der Waals surface area contributed by atoms with Gasteiger partial charge in [0.1, 0.15) is 12.4 Å². The first-order valence-electron chi connectivity index (χ1n) is 9.39. The fraction of sp³-hybridized carbons (Fsp3) is 0.318. The van der Waals surface area contributed by atoms with Crippen LogP contribution < -0.4 is 9.04 Å². The highest BCUT2D eigenvalue weighted by atomic mass is 79.9. The average Bonchev–Trinajstić information content (AvgIpc) is 2.70. The van der Waals surface area contributed by atoms with E-state index in [2.05, 4.69) is 34.7 Å². The van der Waals surface area contributed by atoms with Gasteiger partial charge in [-0.05, 0) is 55.3 Å². The summed E-state index contributed by atoms with van der Waals surface area (Å²) >= 11 is 3.25. The Labute approximate surface area is 186 Å². The van der Waals surface area contributed by atoms with Crippen LogP contribution >= 0.6 is 15.9 Å². The van der Waals surface area contributed by atoms with Crippen molar-refractivity contribution < 1.29 is 23.1 Å². The highest BCUT2D eigenvalue weighted by molar-refractivity contribution is 9.10. The van der Waals surface area contributed by atoms with E-state index < -0.39 is 16.0 Å². The van der Waals surface area contributed by atoms with Gasteiger partial charge in [0.25, 0.3) is 10.0 Å². The second kappa shape index (κ2) is 10.5. The number of carboxylic acid groups (broad SMARTS) is 1. The van der Waals surface area contributed by atoms with Crippen molar-refractivity contribution in [1.82, 2.24) is 0 Å². The van der Waals surface area contributed by atoms with Gasteiger partial charge >= 0.3 is 5.97 Å². The van der Waals surface area contributed by atoms with Gasteiger partial charge in [0.05, 0.1) is 16.1 Å². The van der Waals surface area contributed by atoms with Crippen molar-refractivity contribution in [2.45, 2.75) is 38.0 Å². The van der Waals surface area contributed by atoms with E-state index in [1.807, 2.05) is 0 Å². The first-order valence-corrected chi connectivity index (χ1v) is 11.6. The number of hydrogen-bond donors (Lipinski definition) is 1. The third-order valence-corrected chi connectivity index (χ3v) is 6.61. The molecule has 0 saturated heterocycles. The lowest BCUT2D eigenvalue weighted by molar-refractivity contribution is 0.0697. The molecular formula is C22H24BrNO5S. The van der Waals surface area contributed by atoms with Gasteiger partial charge in [-0.15, -0.1) is 0 Å². The molecule has 0 fully saturated rings. The van der Waals surface area contributed by atoms with Gasteiger partial charge in [-0.3, -0.25) is 4.31 Å². The monoisotopic (exact) mass is 493 g/mol. The molecule has 0 aliphatic heterocycles. The van der Waals surface area contributed by atoms with Gasteiger partial charge in [-0.25, -0.2) is 13.2 Å². The number of rotatable bonds is 8. The van der Waals surface area contributed by atoms with Crippen molar-refractivity contribution in [3.8, 4) is 17.6 Å². The quantitative estimate of drug-likeness (QED) is 0.419. The predicted octanol–water partition coefficient (Wildman–Crippen LogP) is 4.85. The Bertz CT molecular complexity index is 1070. The van der Waals surface area contributed by atoms with Crippen LogP contribution in [0.1, 0.15) is 42.1 Å². The van der Waals surface area contributed by atoms with Crippen LogP contribution in [0.15, 0.2) is 45.8 Å². The highest BCUT2D eigenvalue weighted by Gasteiger charge is 2.27. The molecular weight excluding hydrogens is 470 g/mol. The molecule has 0 radical (unpaired) electrons. The Morgan fingerprint density at radius 2 is 1.87 bits per heavy atom. The number of carboxylic acids is 1. The Hall–Kier alpha value is -2.50. The second-order valence-corrected chi connectivity index (χ2v) is 9.50. The van der Waals surface area contributed by atoms with Gasteiger partial charge in [-0.1, -0.05) is 41.1 Å². The number of halogens is 1. The Kier molecular flexibility index (Phi) is 8.33. The summed E-state index contributed by atoms with van der Waals surface area (Å²) in [5, 5.41) is 9.52. The van der Waals surface area contributed by atoms with Gasteiger partial charge < -0.3 is 9.84 Å². The Morgan fingerprint density at radius 1 is 1.20 bits per heavy atom. The SMILES string of the molecule is CCCCC#CCOc1ccc(S(=O)(=O)N(C)c2c(C)cc(Br)cc2C(=O)O)cc1. The first-order chi connectivity index (χ1) is 14.2. The number of aryl methyl sites for hydroxylation is 1. The number of anilines is 1. The molecule has 2 rings (SSSR count). The Balaban J connectivity index is 2.23. The first kappa shape index (κ1) is 23.8. The van der Waals surface area contributed by atoms with Crippen LogP contribution in [-0.2, 0) is 10.0 Å². The molecule has 0 saturated carbocycles. The van der Waals surface area contributed by atoms with E-state index in [4.69, 9.17) is 4.74 Å². The maximum Gasteiger partial charge on any atom is 0.337 e. The Morgan fingerprint density at radius 3 is 2.47 bits per heavy atom. The van der Waals surface area contributed by atoms with Crippen molar-refractivity contribution in [1.29, 1.82) is 0 Å². The maximum absolute atomic E-state index is 13.1. The lowest BCUT2D eigenvalue weighted by Gasteiger charge is -2.23. The van der Waals surface area contributed by atoms with Gasteiger partial charge in [-0.2, -0.15) is 0 Å². The smallest absolute Gasteiger partial charge is 0.337 e. The fourth-order valence-corrected chi connectivity index (χ4v) is 4.68. The van der Waals surface area contributed by atoms with E-state index in [1.165, 1.54) is 25.2 Å². The minimum Gasteiger partial charge on any atom is -0.481 e. The summed E-state index contributed by atoms with van der Waals surface area (Å²) in [4.78, 5) is 11.7. The molecule has 0 aliphatic rings. The van der Waals surface area contributed by atoms with Crippen LogP contribution in [0.2, 0.25) is 0 Å². The molecule has 30 heavy (non-hydrogen) atoms. The molecule has 0 aromatic heterocycles. The molecule has 0 unspecified atom stereocenters. The summed E-state index contributed by atoms with van der Waals surface area (Å²) in [6, 6.07) is 9.03. The molecule has 2 aromatic carbocycles. The van der Waals surface area contributed by atoms with E-state index in [1.54, 1.807) is 25.1 Å². The normalized spacial score (nSPS) is 10.8. The van der Waals surface area contributed by atoms with E-state index in [0.717, 1.165) is 23.6 Å². The van der Waals surface area contributed by atoms with Crippen LogP contribution in [0.5, 0.6) is 5.75 Å². The van der Waals surface area contributed by atoms with E-state index in [9.17, 15) is 18.3 Å². The molecule has 0 heterocycles. The molecule has 0 atom stereocenters. The number of hydrogen-bond acceptors (Lipinski definition) is 4.